The first-order valence-corrected chi connectivity index (χ1v) is 53.1. The number of aliphatic hydroxyl groups is 2. The number of esters is 4. The van der Waals surface area contributed by atoms with Gasteiger partial charge in [0.05, 0.1) is 112 Å². The van der Waals surface area contributed by atoms with Crippen LogP contribution in [-0.2, 0) is 123 Å². The van der Waals surface area contributed by atoms with Gasteiger partial charge in [0, 0.05) is 47.2 Å². The molecule has 9 aromatic carbocycles. The maximum Gasteiger partial charge on any atom is 0.344 e. The summed E-state index contributed by atoms with van der Waals surface area (Å²) in [6.07, 6.45) is 1.74. The molecule has 0 saturated heterocycles. The number of hydrogen-bond acceptors (Lipinski definition) is 35. The Morgan fingerprint density at radius 2 is 0.683 bits per heavy atom. The van der Waals surface area contributed by atoms with Crippen LogP contribution >= 0.6 is 10.7 Å². The van der Waals surface area contributed by atoms with E-state index < -0.39 is 174 Å². The van der Waals surface area contributed by atoms with Gasteiger partial charge in [-0.1, -0.05) is 113 Å². The van der Waals surface area contributed by atoms with Gasteiger partial charge in [-0.25, -0.2) is 84.3 Å². The van der Waals surface area contributed by atoms with Crippen molar-refractivity contribution < 1.29 is 161 Å². The van der Waals surface area contributed by atoms with Crippen molar-refractivity contribution in [2.75, 3.05) is 123 Å². The second-order valence-corrected chi connectivity index (χ2v) is 43.7. The Balaban J connectivity index is 0.000000283. The highest BCUT2D eigenvalue weighted by atomic mass is 35.7. The number of carboxylic acids is 2. The predicted octanol–water partition coefficient (Wildman–Crippen LogP) is 10.0. The summed E-state index contributed by atoms with van der Waals surface area (Å²) in [6.45, 7) is 7.58. The fourth-order valence-electron chi connectivity index (χ4n) is 11.3. The number of nitrogens with one attached hydrogen (secondary N) is 1. The summed E-state index contributed by atoms with van der Waals surface area (Å²) in [4.78, 5) is 81.3. The Morgan fingerprint density at radius 1 is 0.381 bits per heavy atom. The zero-order valence-corrected chi connectivity index (χ0v) is 83.3. The zero-order chi connectivity index (χ0) is 103. The third kappa shape index (κ3) is 39.0. The number of halogens is 1. The van der Waals surface area contributed by atoms with Crippen LogP contribution in [0, 0.1) is 48.5 Å². The van der Waals surface area contributed by atoms with Crippen LogP contribution in [0.5, 0.6) is 46.0 Å². The van der Waals surface area contributed by atoms with Crippen molar-refractivity contribution in [1.82, 2.24) is 15.0 Å². The number of H-pyrrole nitrogens is 1. The standard InChI is InChI=1S/C28H29ClO12S3.C28H30O10S2.C17H19N3O3S.C10H10O6.C9H12O3S.CH4O/c1-20-3-7-22(8-4-20)42(32,33)15-13-38-27(30)18-40-25-12-11-24(44(29,36)37)17-26(25)41-19-28(31)39-14-16-43(34,35)23-9-5-21(2)6-10-23;1-21-7-11-23(12-8-21)39(31,32)17-15-35-27(29)19-37-25-5-3-4-6-26(25)38-20-28(30)36-16-18-40(33,34)24-13-9-22(2)10-14-24;1-10-8-18-15(11(2)16(10)23-4)9-24(21)17-19-13-6-5-12(22-3)7-14(13)20-17;11-9(12)5-15-7-3-1-2-4-8(7)16-6-10(13)14;1-8-2-4-9(5-3-8)13(11,12)7-6-10;1-2/h3-12,17H,13-16,18-19H2,1-2H3;3-14H,15-20H2,1-2H3;5-8H,9H2,1-4H3,(H,19,20);1-4H,5-6H2,(H,11,12)(H,13,14);2-5,10H,6-7H2,1H3;2H,1H3. The molecule has 750 valence electrons. The first kappa shape index (κ1) is 115. The second kappa shape index (κ2) is 55.5. The van der Waals surface area contributed by atoms with Gasteiger partial charge in [0.25, 0.3) is 9.05 Å². The third-order valence-electron chi connectivity index (χ3n) is 18.6. The highest BCUT2D eigenvalue weighted by Crippen LogP contribution is 2.34. The molecule has 0 bridgehead atoms. The van der Waals surface area contributed by atoms with E-state index in [2.05, 4.69) is 15.0 Å². The molecule has 139 heavy (non-hydrogen) atoms. The van der Waals surface area contributed by atoms with E-state index in [9.17, 15) is 83.5 Å². The van der Waals surface area contributed by atoms with Crippen LogP contribution in [-0.4, -0.2) is 249 Å². The molecule has 1 unspecified atom stereocenters. The number of fused-ring (bicyclic) bond motifs is 1. The van der Waals surface area contributed by atoms with E-state index >= 15 is 0 Å². The molecular weight excluding hydrogens is 1980 g/mol. The summed E-state index contributed by atoms with van der Waals surface area (Å²) in [7, 11) is -13.8. The van der Waals surface area contributed by atoms with Gasteiger partial charge >= 0.3 is 35.8 Å². The lowest BCUT2D eigenvalue weighted by Crippen LogP contribution is -2.21. The Morgan fingerprint density at radius 3 is 0.986 bits per heavy atom. The van der Waals surface area contributed by atoms with Gasteiger partial charge in [-0.2, -0.15) is 0 Å². The number of imidazole rings is 1. The molecule has 11 aromatic rings. The topological polar surface area (TPSA) is 558 Å². The van der Waals surface area contributed by atoms with E-state index in [1.165, 1.54) is 72.8 Å². The van der Waals surface area contributed by atoms with Gasteiger partial charge in [0.15, 0.2) is 128 Å². The highest BCUT2D eigenvalue weighted by molar-refractivity contribution is 8.13. The van der Waals surface area contributed by atoms with Gasteiger partial charge in [-0.3, -0.25) is 9.19 Å². The Kier molecular flexibility index (Phi) is 45.7. The number of rotatable bonds is 43. The summed E-state index contributed by atoms with van der Waals surface area (Å²) < 4.78 is 220. The van der Waals surface area contributed by atoms with Crippen molar-refractivity contribution in [3.63, 3.8) is 0 Å². The van der Waals surface area contributed by atoms with Gasteiger partial charge in [0.1, 0.15) is 37.9 Å². The average Bonchev–Trinajstić information content (AvgIpc) is 1.68. The lowest BCUT2D eigenvalue weighted by Gasteiger charge is -2.13. The van der Waals surface area contributed by atoms with Crippen molar-refractivity contribution in [3.8, 4) is 46.0 Å². The van der Waals surface area contributed by atoms with Crippen LogP contribution in [0.1, 0.15) is 44.6 Å². The van der Waals surface area contributed by atoms with Crippen LogP contribution in [0.3, 0.4) is 0 Å². The summed E-state index contributed by atoms with van der Waals surface area (Å²) in [5.74, 6) is -5.64. The summed E-state index contributed by atoms with van der Waals surface area (Å²) >= 11 is 0. The molecule has 46 heteroatoms. The number of carboxylic acid groups (broad SMARTS) is 2. The van der Waals surface area contributed by atoms with E-state index in [0.717, 1.165) is 92.5 Å². The first-order valence-electron chi connectivity index (χ1n) is 41.3. The van der Waals surface area contributed by atoms with E-state index in [1.807, 2.05) is 66.7 Å². The van der Waals surface area contributed by atoms with Crippen molar-refractivity contribution in [2.24, 2.45) is 0 Å². The maximum atomic E-state index is 12.7. The number of aliphatic hydroxyl groups excluding tert-OH is 2. The Bertz CT molecular complexity index is 6580. The van der Waals surface area contributed by atoms with Gasteiger partial charge in [-0.15, -0.1) is 0 Å². The number of carbonyl (C=O) groups is 6. The number of pyridine rings is 1. The van der Waals surface area contributed by atoms with Crippen molar-refractivity contribution in [3.05, 3.63) is 257 Å². The molecule has 2 heterocycles. The van der Waals surface area contributed by atoms with E-state index in [0.29, 0.717) is 5.16 Å². The fraction of sp³-hybridized carbons (Fsp3) is 0.290. The number of carbonyl (C=O) groups excluding carboxylic acids is 4. The van der Waals surface area contributed by atoms with Crippen molar-refractivity contribution >= 4 is 127 Å². The van der Waals surface area contributed by atoms with Crippen LogP contribution in [0.25, 0.3) is 11.0 Å². The zero-order valence-electron chi connectivity index (χ0n) is 76.8. The van der Waals surface area contributed by atoms with Gasteiger partial charge < -0.3 is 82.3 Å². The molecule has 0 amide bonds. The predicted molar refractivity (Wildman–Crippen MR) is 509 cm³/mol. The molecule has 1 atom stereocenters. The lowest BCUT2D eigenvalue weighted by atomic mass is 10.1. The fourth-order valence-corrected chi connectivity index (χ4v) is 18.6. The van der Waals surface area contributed by atoms with Crippen LogP contribution in [0.15, 0.2) is 247 Å². The minimum absolute atomic E-state index is 0.0720. The Labute approximate surface area is 811 Å². The largest absolute Gasteiger partial charge is 0.497 e. The normalized spacial score (nSPS) is 11.4. The van der Waals surface area contributed by atoms with E-state index in [-0.39, 0.29) is 102 Å². The first-order chi connectivity index (χ1) is 65.7. The summed E-state index contributed by atoms with van der Waals surface area (Å²) in [5.41, 5.74) is 8.79. The van der Waals surface area contributed by atoms with E-state index in [4.69, 9.17) is 88.0 Å². The van der Waals surface area contributed by atoms with E-state index in [1.54, 1.807) is 117 Å². The number of aromatic amines is 1. The number of aliphatic carboxylic acids is 2. The minimum Gasteiger partial charge on any atom is -0.497 e. The number of benzene rings is 9. The molecule has 2 aromatic heterocycles. The van der Waals surface area contributed by atoms with Gasteiger partial charge in [-0.05, 0) is 158 Å². The molecule has 0 saturated carbocycles. The molecule has 0 radical (unpaired) electrons. The second-order valence-electron chi connectivity index (χ2n) is 29.2. The number of para-hydroxylation sites is 4. The maximum absolute atomic E-state index is 12.7. The Hall–Kier alpha value is -13.1. The molecule has 0 fully saturated rings. The summed E-state index contributed by atoms with van der Waals surface area (Å²) in [5, 5.41) is 32.8. The molecule has 11 rings (SSSR count). The average molecular weight is 2080 g/mol. The third-order valence-corrected chi connectivity index (χ3v) is 29.6. The van der Waals surface area contributed by atoms with Crippen molar-refractivity contribution in [1.29, 1.82) is 0 Å². The quantitative estimate of drug-likeness (QED) is 0.0135. The molecular formula is C93H104ClN3O35S7. The SMILES string of the molecule is CO.COc1ccc2nc(S(=O)Cc3ncc(C)c(OC)c3C)[nH]c2c1.Cc1ccc(S(=O)(=O)CCO)cc1.Cc1ccc(S(=O)(=O)CCOC(=O)COc2ccc(S(=O)(=O)Cl)cc2OCC(=O)OCCS(=O)(=O)c2ccc(C)cc2)cc1.Cc1ccc(S(=O)(=O)CCOC(=O)COc2ccccc2OCC(=O)OCCS(=O)(=O)c2ccc(C)cc2)cc1.O=C(O)COc1ccccc1OCC(=O)O. The van der Waals surface area contributed by atoms with Crippen LogP contribution < -0.4 is 37.9 Å². The number of nitrogens with zero attached hydrogens (tertiary/aromatic N) is 2. The number of sulfone groups is 5. The highest BCUT2D eigenvalue weighted by Gasteiger charge is 2.25. The molecule has 0 spiro atoms. The number of aromatic nitrogens is 3. The van der Waals surface area contributed by atoms with Crippen LogP contribution in [0.2, 0.25) is 0 Å². The number of hydrogen-bond donors (Lipinski definition) is 5. The van der Waals surface area contributed by atoms with Crippen LogP contribution in [0.4, 0.5) is 0 Å². The minimum atomic E-state index is -4.22. The lowest BCUT2D eigenvalue weighted by molar-refractivity contribution is -0.146. The number of aryl methyl sites for hydroxylation is 6. The number of ether oxygens (including phenoxy) is 12. The molecule has 0 aliphatic rings. The molecule has 5 N–H and O–H groups in total. The monoisotopic (exact) mass is 2080 g/mol. The molecule has 0 aliphatic carbocycles. The summed E-state index contributed by atoms with van der Waals surface area (Å²) in [6, 6.07) is 52.8. The molecule has 0 aliphatic heterocycles. The van der Waals surface area contributed by atoms with Gasteiger partial charge in [0.2, 0.25) is 0 Å². The van der Waals surface area contributed by atoms with Crippen molar-refractivity contribution in [2.45, 2.75) is 88.7 Å². The number of methoxy groups -OCH3 is 2. The smallest absolute Gasteiger partial charge is 0.344 e. The molecule has 38 nitrogen and oxygen atoms in total.